The Balaban J connectivity index is 1.37. The van der Waals surface area contributed by atoms with Crippen molar-refractivity contribution < 1.29 is 4.74 Å². The third kappa shape index (κ3) is 5.00. The number of anilines is 1. The van der Waals surface area contributed by atoms with Crippen LogP contribution in [-0.2, 0) is 13.0 Å². The van der Waals surface area contributed by atoms with E-state index in [1.165, 1.54) is 5.56 Å². The number of fused-ring (bicyclic) bond motifs is 1. The van der Waals surface area contributed by atoms with Gasteiger partial charge in [-0.3, -0.25) is 9.88 Å². The van der Waals surface area contributed by atoms with E-state index in [4.69, 9.17) is 9.72 Å². The molecule has 0 spiro atoms. The fraction of sp³-hybridized carbons (Fsp3) is 0.360. The number of pyridine rings is 1. The summed E-state index contributed by atoms with van der Waals surface area (Å²) in [6, 6.07) is 12.7. The summed E-state index contributed by atoms with van der Waals surface area (Å²) in [5.41, 5.74) is 5.97. The molecular formula is C25H30N8O. The standard InChI is InChI=1S/C25H30N8O/c1-32(2)24-15-21(30-25(31-24)34-3)18-4-5-20-22(13-18)29-23(28-20)14-19-12-17(6-7-27-19)16-33-10-8-26-9-11-33/h4-7,12-13,15,26H,8-11,14,16H2,1-3H3,(H,28,29). The lowest BCUT2D eigenvalue weighted by Crippen LogP contribution is -2.42. The average Bonchev–Trinajstić information content (AvgIpc) is 3.26. The monoisotopic (exact) mass is 458 g/mol. The van der Waals surface area contributed by atoms with Gasteiger partial charge in [0, 0.05) is 76.8 Å². The molecule has 2 N–H and O–H groups in total. The Hall–Kier alpha value is -3.56. The largest absolute Gasteiger partial charge is 0.467 e. The van der Waals surface area contributed by atoms with Gasteiger partial charge in [0.1, 0.15) is 11.6 Å². The van der Waals surface area contributed by atoms with Crippen molar-refractivity contribution in [3.63, 3.8) is 0 Å². The lowest BCUT2D eigenvalue weighted by molar-refractivity contribution is 0.233. The van der Waals surface area contributed by atoms with Crippen LogP contribution in [0.2, 0.25) is 0 Å². The normalized spacial score (nSPS) is 14.4. The molecule has 0 aliphatic carbocycles. The minimum Gasteiger partial charge on any atom is -0.467 e. The molecule has 1 saturated heterocycles. The highest BCUT2D eigenvalue weighted by Crippen LogP contribution is 2.26. The molecule has 9 nitrogen and oxygen atoms in total. The highest BCUT2D eigenvalue weighted by atomic mass is 16.5. The van der Waals surface area contributed by atoms with Gasteiger partial charge in [0.05, 0.1) is 23.8 Å². The molecule has 0 radical (unpaired) electrons. The lowest BCUT2D eigenvalue weighted by atomic mass is 10.1. The van der Waals surface area contributed by atoms with Gasteiger partial charge in [-0.25, -0.2) is 4.98 Å². The van der Waals surface area contributed by atoms with Crippen LogP contribution < -0.4 is 15.0 Å². The summed E-state index contributed by atoms with van der Waals surface area (Å²) in [6.45, 7) is 5.22. The van der Waals surface area contributed by atoms with E-state index in [9.17, 15) is 0 Å². The maximum Gasteiger partial charge on any atom is 0.318 e. The van der Waals surface area contributed by atoms with Crippen LogP contribution in [0.25, 0.3) is 22.3 Å². The Bertz CT molecular complexity index is 1280. The second kappa shape index (κ2) is 9.74. The summed E-state index contributed by atoms with van der Waals surface area (Å²) in [6.07, 6.45) is 2.56. The first-order valence-electron chi connectivity index (χ1n) is 11.5. The zero-order valence-corrected chi connectivity index (χ0v) is 19.9. The molecule has 1 aliphatic rings. The van der Waals surface area contributed by atoms with Crippen LogP contribution in [-0.4, -0.2) is 77.2 Å². The predicted octanol–water partition coefficient (Wildman–Crippen LogP) is 2.49. The van der Waals surface area contributed by atoms with E-state index in [0.717, 1.165) is 72.4 Å². The molecule has 0 unspecified atom stereocenters. The van der Waals surface area contributed by atoms with E-state index in [0.29, 0.717) is 12.4 Å². The number of nitrogens with one attached hydrogen (secondary N) is 2. The molecule has 4 aromatic rings. The number of hydrogen-bond acceptors (Lipinski definition) is 8. The minimum absolute atomic E-state index is 0.346. The zero-order chi connectivity index (χ0) is 23.5. The summed E-state index contributed by atoms with van der Waals surface area (Å²) in [5.74, 6) is 1.69. The molecule has 1 aromatic carbocycles. The average molecular weight is 459 g/mol. The number of hydrogen-bond donors (Lipinski definition) is 2. The highest BCUT2D eigenvalue weighted by Gasteiger charge is 2.13. The van der Waals surface area contributed by atoms with Crippen LogP contribution in [0, 0.1) is 0 Å². The van der Waals surface area contributed by atoms with E-state index in [1.54, 1.807) is 7.11 Å². The van der Waals surface area contributed by atoms with Crippen LogP contribution >= 0.6 is 0 Å². The first-order valence-corrected chi connectivity index (χ1v) is 11.5. The van der Waals surface area contributed by atoms with Gasteiger partial charge in [0.25, 0.3) is 0 Å². The van der Waals surface area contributed by atoms with Crippen LogP contribution in [0.15, 0.2) is 42.6 Å². The molecule has 1 aliphatic heterocycles. The quantitative estimate of drug-likeness (QED) is 0.436. The van der Waals surface area contributed by atoms with Crippen LogP contribution in [0.1, 0.15) is 17.1 Å². The number of benzene rings is 1. The molecule has 4 heterocycles. The molecule has 5 rings (SSSR count). The summed E-state index contributed by atoms with van der Waals surface area (Å²) < 4.78 is 5.30. The van der Waals surface area contributed by atoms with Gasteiger partial charge in [-0.1, -0.05) is 6.07 Å². The molecule has 176 valence electrons. The van der Waals surface area contributed by atoms with Gasteiger partial charge in [-0.05, 0) is 29.8 Å². The van der Waals surface area contributed by atoms with Crippen molar-refractivity contribution in [2.75, 3.05) is 52.3 Å². The molecule has 34 heavy (non-hydrogen) atoms. The number of aromatic nitrogens is 5. The second-order valence-corrected chi connectivity index (χ2v) is 8.77. The number of rotatable bonds is 7. The summed E-state index contributed by atoms with van der Waals surface area (Å²) in [5, 5.41) is 3.40. The van der Waals surface area contributed by atoms with Gasteiger partial charge >= 0.3 is 6.01 Å². The van der Waals surface area contributed by atoms with E-state index >= 15 is 0 Å². The molecule has 9 heteroatoms. The fourth-order valence-corrected chi connectivity index (χ4v) is 4.21. The van der Waals surface area contributed by atoms with Crippen molar-refractivity contribution in [2.45, 2.75) is 13.0 Å². The van der Waals surface area contributed by atoms with Gasteiger partial charge in [-0.15, -0.1) is 0 Å². The van der Waals surface area contributed by atoms with E-state index in [1.807, 2.05) is 43.4 Å². The summed E-state index contributed by atoms with van der Waals surface area (Å²) in [4.78, 5) is 26.2. The van der Waals surface area contributed by atoms with Crippen LogP contribution in [0.3, 0.4) is 0 Å². The third-order valence-corrected chi connectivity index (χ3v) is 6.00. The third-order valence-electron chi connectivity index (χ3n) is 6.00. The fourth-order valence-electron chi connectivity index (χ4n) is 4.21. The van der Waals surface area contributed by atoms with Crippen LogP contribution in [0.4, 0.5) is 5.82 Å². The van der Waals surface area contributed by atoms with Gasteiger partial charge in [0.15, 0.2) is 0 Å². The minimum atomic E-state index is 0.346. The van der Waals surface area contributed by atoms with Crippen molar-refractivity contribution in [1.29, 1.82) is 0 Å². The van der Waals surface area contributed by atoms with Gasteiger partial charge in [-0.2, -0.15) is 9.97 Å². The van der Waals surface area contributed by atoms with Crippen molar-refractivity contribution in [1.82, 2.24) is 35.1 Å². The van der Waals surface area contributed by atoms with Crippen molar-refractivity contribution in [3.05, 3.63) is 59.7 Å². The first-order chi connectivity index (χ1) is 16.6. The van der Waals surface area contributed by atoms with E-state index in [2.05, 4.69) is 48.4 Å². The van der Waals surface area contributed by atoms with Crippen LogP contribution in [0.5, 0.6) is 6.01 Å². The number of H-pyrrole nitrogens is 1. The Morgan fingerprint density at radius 1 is 1.03 bits per heavy atom. The smallest absolute Gasteiger partial charge is 0.318 e. The Morgan fingerprint density at radius 2 is 1.88 bits per heavy atom. The van der Waals surface area contributed by atoms with Crippen molar-refractivity contribution in [3.8, 4) is 17.3 Å². The highest BCUT2D eigenvalue weighted by molar-refractivity contribution is 5.81. The molecule has 0 bridgehead atoms. The van der Waals surface area contributed by atoms with Gasteiger partial charge < -0.3 is 19.9 Å². The number of piperazine rings is 1. The topological polar surface area (TPSA) is 95.1 Å². The number of methoxy groups -OCH3 is 1. The molecule has 0 amide bonds. The lowest BCUT2D eigenvalue weighted by Gasteiger charge is -2.27. The van der Waals surface area contributed by atoms with Gasteiger partial charge in [0.2, 0.25) is 0 Å². The number of ether oxygens (including phenoxy) is 1. The number of nitrogens with zero attached hydrogens (tertiary/aromatic N) is 6. The van der Waals surface area contributed by atoms with Crippen molar-refractivity contribution >= 4 is 16.9 Å². The van der Waals surface area contributed by atoms with E-state index in [-0.39, 0.29) is 0 Å². The second-order valence-electron chi connectivity index (χ2n) is 8.77. The Morgan fingerprint density at radius 3 is 2.68 bits per heavy atom. The van der Waals surface area contributed by atoms with E-state index < -0.39 is 0 Å². The molecule has 1 fully saturated rings. The molecular weight excluding hydrogens is 428 g/mol. The molecule has 3 aromatic heterocycles. The zero-order valence-electron chi connectivity index (χ0n) is 19.9. The maximum atomic E-state index is 5.30. The predicted molar refractivity (Wildman–Crippen MR) is 133 cm³/mol. The first kappa shape index (κ1) is 22.2. The Labute approximate surface area is 199 Å². The van der Waals surface area contributed by atoms with Crippen molar-refractivity contribution in [2.24, 2.45) is 0 Å². The summed E-state index contributed by atoms with van der Waals surface area (Å²) in [7, 11) is 5.47. The molecule has 0 saturated carbocycles. The number of imidazole rings is 1. The maximum absolute atomic E-state index is 5.30. The Kier molecular flexibility index (Phi) is 6.37. The SMILES string of the molecule is COc1nc(-c2ccc3nc(Cc4cc(CN5CCNCC5)ccn4)[nH]c3c2)cc(N(C)C)n1. The summed E-state index contributed by atoms with van der Waals surface area (Å²) >= 11 is 0. The number of aromatic amines is 1. The molecule has 0 atom stereocenters.